The fraction of sp³-hybridized carbons (Fsp3) is 0.800. The maximum atomic E-state index is 11.6. The molecule has 2 amide bonds. The second kappa shape index (κ2) is 6.06. The van der Waals surface area contributed by atoms with E-state index in [-0.39, 0.29) is 11.8 Å². The Morgan fingerprint density at radius 3 is 2.31 bits per heavy atom. The largest absolute Gasteiger partial charge is 0.358 e. The summed E-state index contributed by atoms with van der Waals surface area (Å²) < 4.78 is 0. The smallest absolute Gasteiger partial charge is 0.240 e. The number of carbonyl (C=O) groups is 2. The molecule has 0 spiro atoms. The van der Waals surface area contributed by atoms with Crippen molar-refractivity contribution in [2.45, 2.75) is 12.3 Å². The fourth-order valence-electron chi connectivity index (χ4n) is 1.66. The molecule has 0 aromatic heterocycles. The number of amides is 2. The highest BCUT2D eigenvalue weighted by molar-refractivity contribution is 6.30. The third-order valence-corrected chi connectivity index (χ3v) is 2.86. The average Bonchev–Trinajstić information content (AvgIpc) is 2.28. The van der Waals surface area contributed by atoms with Crippen molar-refractivity contribution >= 4 is 23.4 Å². The van der Waals surface area contributed by atoms with E-state index in [1.54, 1.807) is 18.9 Å². The van der Waals surface area contributed by atoms with E-state index in [1.807, 2.05) is 4.90 Å². The molecule has 1 rings (SSSR count). The van der Waals surface area contributed by atoms with Crippen molar-refractivity contribution < 1.29 is 9.59 Å². The first-order valence-electron chi connectivity index (χ1n) is 5.40. The molecular formula is C10H18ClN3O2. The van der Waals surface area contributed by atoms with E-state index >= 15 is 0 Å². The average molecular weight is 248 g/mol. The Labute approximate surface area is 101 Å². The van der Waals surface area contributed by atoms with E-state index in [1.165, 1.54) is 0 Å². The number of nitrogens with zero attached hydrogens (tertiary/aromatic N) is 2. The summed E-state index contributed by atoms with van der Waals surface area (Å²) in [5.41, 5.74) is 0. The predicted molar refractivity (Wildman–Crippen MR) is 62.4 cm³/mol. The van der Waals surface area contributed by atoms with Gasteiger partial charge in [0, 0.05) is 33.2 Å². The first-order valence-corrected chi connectivity index (χ1v) is 5.84. The lowest BCUT2D eigenvalue weighted by Crippen LogP contribution is -2.52. The molecule has 0 radical (unpaired) electrons. The van der Waals surface area contributed by atoms with Gasteiger partial charge in [-0.15, -0.1) is 11.6 Å². The molecule has 1 atom stereocenters. The van der Waals surface area contributed by atoms with Crippen molar-refractivity contribution in [3.8, 4) is 0 Å². The number of nitrogens with one attached hydrogen (secondary N) is 1. The van der Waals surface area contributed by atoms with Crippen LogP contribution < -0.4 is 5.32 Å². The quantitative estimate of drug-likeness (QED) is 0.685. The van der Waals surface area contributed by atoms with Gasteiger partial charge in [-0.05, 0) is 6.92 Å². The van der Waals surface area contributed by atoms with Gasteiger partial charge in [-0.25, -0.2) is 0 Å². The second-order valence-corrected chi connectivity index (χ2v) is 4.55. The molecule has 1 heterocycles. The number of carbonyl (C=O) groups excluding carboxylic acids is 2. The van der Waals surface area contributed by atoms with Crippen LogP contribution in [-0.4, -0.2) is 66.8 Å². The van der Waals surface area contributed by atoms with Gasteiger partial charge in [0.2, 0.25) is 11.8 Å². The molecule has 16 heavy (non-hydrogen) atoms. The van der Waals surface area contributed by atoms with Gasteiger partial charge < -0.3 is 10.2 Å². The van der Waals surface area contributed by atoms with E-state index in [0.717, 1.165) is 13.1 Å². The molecule has 1 aliphatic heterocycles. The van der Waals surface area contributed by atoms with Crippen LogP contribution in [0.2, 0.25) is 0 Å². The molecule has 1 aliphatic rings. The van der Waals surface area contributed by atoms with Crippen LogP contribution in [0.15, 0.2) is 0 Å². The van der Waals surface area contributed by atoms with Gasteiger partial charge in [-0.1, -0.05) is 0 Å². The number of piperazine rings is 1. The van der Waals surface area contributed by atoms with E-state index in [9.17, 15) is 9.59 Å². The number of alkyl halides is 1. The first kappa shape index (κ1) is 13.3. The molecule has 92 valence electrons. The Morgan fingerprint density at radius 2 is 1.88 bits per heavy atom. The van der Waals surface area contributed by atoms with Crippen LogP contribution in [0.3, 0.4) is 0 Å². The minimum absolute atomic E-state index is 0.00508. The van der Waals surface area contributed by atoms with Gasteiger partial charge in [-0.3, -0.25) is 14.5 Å². The van der Waals surface area contributed by atoms with Gasteiger partial charge in [0.1, 0.15) is 5.38 Å². The SMILES string of the molecule is CNC(=O)CN1CCN(C(=O)C(C)Cl)CC1. The molecule has 0 aromatic rings. The van der Waals surface area contributed by atoms with Gasteiger partial charge in [0.15, 0.2) is 0 Å². The van der Waals surface area contributed by atoms with Crippen molar-refractivity contribution in [2.24, 2.45) is 0 Å². The summed E-state index contributed by atoms with van der Waals surface area (Å²) in [4.78, 5) is 26.5. The maximum Gasteiger partial charge on any atom is 0.240 e. The summed E-state index contributed by atoms with van der Waals surface area (Å²) in [6.45, 7) is 4.82. The number of rotatable bonds is 3. The highest BCUT2D eigenvalue weighted by atomic mass is 35.5. The van der Waals surface area contributed by atoms with E-state index in [0.29, 0.717) is 19.6 Å². The topological polar surface area (TPSA) is 52.7 Å². The molecule has 5 nitrogen and oxygen atoms in total. The number of hydrogen-bond acceptors (Lipinski definition) is 3. The molecule has 0 aliphatic carbocycles. The molecule has 1 N–H and O–H groups in total. The van der Waals surface area contributed by atoms with Crippen molar-refractivity contribution in [3.63, 3.8) is 0 Å². The van der Waals surface area contributed by atoms with Crippen LogP contribution >= 0.6 is 11.6 Å². The van der Waals surface area contributed by atoms with Crippen molar-refractivity contribution in [2.75, 3.05) is 39.8 Å². The van der Waals surface area contributed by atoms with E-state index in [2.05, 4.69) is 5.32 Å². The fourth-order valence-corrected chi connectivity index (χ4v) is 1.80. The minimum Gasteiger partial charge on any atom is -0.358 e. The number of halogens is 1. The monoisotopic (exact) mass is 247 g/mol. The highest BCUT2D eigenvalue weighted by Gasteiger charge is 2.24. The van der Waals surface area contributed by atoms with Gasteiger partial charge in [-0.2, -0.15) is 0 Å². The Morgan fingerprint density at radius 1 is 1.31 bits per heavy atom. The minimum atomic E-state index is -0.467. The first-order chi connectivity index (χ1) is 7.54. The normalized spacial score (nSPS) is 19.3. The molecule has 0 aromatic carbocycles. The Kier molecular flexibility index (Phi) is 5.02. The molecule has 0 bridgehead atoms. The van der Waals surface area contributed by atoms with E-state index in [4.69, 9.17) is 11.6 Å². The summed E-state index contributed by atoms with van der Waals surface area (Å²) in [5, 5.41) is 2.12. The van der Waals surface area contributed by atoms with E-state index < -0.39 is 5.38 Å². The number of likely N-dealkylation sites (N-methyl/N-ethyl adjacent to an activating group) is 1. The lowest BCUT2D eigenvalue weighted by Gasteiger charge is -2.34. The van der Waals surface area contributed by atoms with Crippen molar-refractivity contribution in [1.29, 1.82) is 0 Å². The summed E-state index contributed by atoms with van der Waals surface area (Å²) in [6.07, 6.45) is 0. The van der Waals surface area contributed by atoms with Gasteiger partial charge in [0.05, 0.1) is 6.54 Å². The zero-order valence-corrected chi connectivity index (χ0v) is 10.5. The molecule has 0 saturated carbocycles. The Balaban J connectivity index is 2.34. The zero-order valence-electron chi connectivity index (χ0n) is 9.70. The van der Waals surface area contributed by atoms with Crippen molar-refractivity contribution in [3.05, 3.63) is 0 Å². The van der Waals surface area contributed by atoms with Crippen LogP contribution in [0.5, 0.6) is 0 Å². The maximum absolute atomic E-state index is 11.6. The highest BCUT2D eigenvalue weighted by Crippen LogP contribution is 2.06. The van der Waals surface area contributed by atoms with Crippen LogP contribution in [0.4, 0.5) is 0 Å². The molecule has 1 fully saturated rings. The third kappa shape index (κ3) is 3.64. The van der Waals surface area contributed by atoms with Gasteiger partial charge in [0.25, 0.3) is 0 Å². The van der Waals surface area contributed by atoms with Crippen LogP contribution in [0.1, 0.15) is 6.92 Å². The van der Waals surface area contributed by atoms with Crippen LogP contribution in [0, 0.1) is 0 Å². The van der Waals surface area contributed by atoms with Gasteiger partial charge >= 0.3 is 0 Å². The summed E-state index contributed by atoms with van der Waals surface area (Å²) in [5.74, 6) is -0.0215. The second-order valence-electron chi connectivity index (χ2n) is 3.89. The van der Waals surface area contributed by atoms with Crippen LogP contribution in [-0.2, 0) is 9.59 Å². The standard InChI is InChI=1S/C10H18ClN3O2/c1-8(11)10(16)14-5-3-13(4-6-14)7-9(15)12-2/h8H,3-7H2,1-2H3,(H,12,15). The Bertz CT molecular complexity index is 263. The van der Waals surface area contributed by atoms with Crippen molar-refractivity contribution in [1.82, 2.24) is 15.1 Å². The lowest BCUT2D eigenvalue weighted by atomic mass is 10.3. The predicted octanol–water partition coefficient (Wildman–Crippen LogP) is -0.496. The zero-order chi connectivity index (χ0) is 12.1. The molecule has 6 heteroatoms. The number of hydrogen-bond donors (Lipinski definition) is 1. The summed E-state index contributed by atoms with van der Waals surface area (Å²) in [6, 6.07) is 0. The molecular weight excluding hydrogens is 230 g/mol. The summed E-state index contributed by atoms with van der Waals surface area (Å²) >= 11 is 5.74. The Hall–Kier alpha value is -0.810. The third-order valence-electron chi connectivity index (χ3n) is 2.67. The molecule has 1 saturated heterocycles. The molecule has 1 unspecified atom stereocenters. The summed E-state index contributed by atoms with van der Waals surface area (Å²) in [7, 11) is 1.62. The lowest BCUT2D eigenvalue weighted by molar-refractivity contribution is -0.132. The van der Waals surface area contributed by atoms with Crippen LogP contribution in [0.25, 0.3) is 0 Å².